The topological polar surface area (TPSA) is 12.0 Å². The summed E-state index contributed by atoms with van der Waals surface area (Å²) in [6, 6.07) is 6.44. The van der Waals surface area contributed by atoms with Gasteiger partial charge < -0.3 is 5.32 Å². The van der Waals surface area contributed by atoms with Crippen LogP contribution in [-0.2, 0) is 5.41 Å². The first-order valence-corrected chi connectivity index (χ1v) is 6.47. The van der Waals surface area contributed by atoms with Crippen molar-refractivity contribution in [3.63, 3.8) is 0 Å². The average molecular weight is 284 g/mol. The Morgan fingerprint density at radius 3 is 2.00 bits per heavy atom. The Balaban J connectivity index is 3.19. The van der Waals surface area contributed by atoms with E-state index in [1.54, 1.807) is 0 Å². The molecule has 16 heavy (non-hydrogen) atoms. The van der Waals surface area contributed by atoms with Crippen molar-refractivity contribution in [1.82, 2.24) is 0 Å². The smallest absolute Gasteiger partial charge is 0.0382 e. The van der Waals surface area contributed by atoms with Crippen LogP contribution in [0.5, 0.6) is 0 Å². The number of rotatable bonds is 1. The fraction of sp³-hybridized carbons (Fsp3) is 0.571. The van der Waals surface area contributed by atoms with Crippen molar-refractivity contribution in [2.75, 3.05) is 5.32 Å². The van der Waals surface area contributed by atoms with E-state index in [2.05, 4.69) is 81.0 Å². The van der Waals surface area contributed by atoms with E-state index >= 15 is 0 Å². The second-order valence-corrected chi connectivity index (χ2v) is 7.23. The summed E-state index contributed by atoms with van der Waals surface area (Å²) in [5.74, 6) is 0. The van der Waals surface area contributed by atoms with E-state index in [-0.39, 0.29) is 11.0 Å². The third-order valence-corrected chi connectivity index (χ3v) is 2.79. The number of anilines is 1. The molecule has 0 unspecified atom stereocenters. The zero-order chi connectivity index (χ0) is 12.6. The molecule has 0 fully saturated rings. The van der Waals surface area contributed by atoms with Crippen LogP contribution in [0.3, 0.4) is 0 Å². The molecule has 0 amide bonds. The number of halogens is 1. The van der Waals surface area contributed by atoms with Crippen LogP contribution in [0.2, 0.25) is 0 Å². The summed E-state index contributed by atoms with van der Waals surface area (Å²) in [4.78, 5) is 0. The highest BCUT2D eigenvalue weighted by Crippen LogP contribution is 2.33. The lowest BCUT2D eigenvalue weighted by molar-refractivity contribution is 0.581. The second kappa shape index (κ2) is 4.40. The van der Waals surface area contributed by atoms with Gasteiger partial charge in [-0.25, -0.2) is 0 Å². The Bertz CT molecular complexity index is 369. The van der Waals surface area contributed by atoms with Gasteiger partial charge in [-0.05, 0) is 49.9 Å². The van der Waals surface area contributed by atoms with Crippen molar-refractivity contribution in [3.8, 4) is 0 Å². The second-order valence-electron chi connectivity index (χ2n) is 6.31. The van der Waals surface area contributed by atoms with Gasteiger partial charge in [0, 0.05) is 15.7 Å². The summed E-state index contributed by atoms with van der Waals surface area (Å²) in [5.41, 5.74) is 2.81. The largest absolute Gasteiger partial charge is 0.380 e. The van der Waals surface area contributed by atoms with Gasteiger partial charge >= 0.3 is 0 Å². The SMILES string of the molecule is CC(C)(C)Nc1ccc(Br)cc1C(C)(C)C. The lowest BCUT2D eigenvalue weighted by Gasteiger charge is -2.29. The summed E-state index contributed by atoms with van der Waals surface area (Å²) in [5, 5.41) is 3.56. The molecule has 1 N–H and O–H groups in total. The molecule has 1 aromatic rings. The van der Waals surface area contributed by atoms with Gasteiger partial charge in [-0.3, -0.25) is 0 Å². The highest BCUT2D eigenvalue weighted by molar-refractivity contribution is 9.10. The molecular weight excluding hydrogens is 262 g/mol. The molecule has 0 saturated carbocycles. The highest BCUT2D eigenvalue weighted by Gasteiger charge is 2.20. The number of hydrogen-bond donors (Lipinski definition) is 1. The molecule has 0 radical (unpaired) electrons. The molecule has 90 valence electrons. The van der Waals surface area contributed by atoms with Crippen LogP contribution in [0.15, 0.2) is 22.7 Å². The van der Waals surface area contributed by atoms with E-state index < -0.39 is 0 Å². The zero-order valence-electron chi connectivity index (χ0n) is 11.1. The van der Waals surface area contributed by atoms with Crippen molar-refractivity contribution in [2.45, 2.75) is 52.5 Å². The third-order valence-electron chi connectivity index (χ3n) is 2.30. The van der Waals surface area contributed by atoms with Crippen LogP contribution in [0.1, 0.15) is 47.1 Å². The van der Waals surface area contributed by atoms with Crippen LogP contribution in [0, 0.1) is 0 Å². The maximum atomic E-state index is 3.56. The van der Waals surface area contributed by atoms with Crippen molar-refractivity contribution < 1.29 is 0 Å². The summed E-state index contributed by atoms with van der Waals surface area (Å²) in [6.07, 6.45) is 0. The summed E-state index contributed by atoms with van der Waals surface area (Å²) < 4.78 is 1.14. The predicted molar refractivity (Wildman–Crippen MR) is 76.2 cm³/mol. The fourth-order valence-electron chi connectivity index (χ4n) is 1.65. The molecule has 0 bridgehead atoms. The van der Waals surface area contributed by atoms with Crippen LogP contribution in [-0.4, -0.2) is 5.54 Å². The lowest BCUT2D eigenvalue weighted by Crippen LogP contribution is -2.28. The molecule has 0 heterocycles. The van der Waals surface area contributed by atoms with Gasteiger partial charge in [-0.2, -0.15) is 0 Å². The molecule has 1 rings (SSSR count). The van der Waals surface area contributed by atoms with Gasteiger partial charge in [-0.1, -0.05) is 36.7 Å². The molecule has 1 aromatic carbocycles. The van der Waals surface area contributed by atoms with Gasteiger partial charge in [0.15, 0.2) is 0 Å². The monoisotopic (exact) mass is 283 g/mol. The van der Waals surface area contributed by atoms with Crippen LogP contribution in [0.4, 0.5) is 5.69 Å². The molecular formula is C14H22BrN. The molecule has 0 aromatic heterocycles. The maximum Gasteiger partial charge on any atom is 0.0382 e. The number of hydrogen-bond acceptors (Lipinski definition) is 1. The molecule has 0 atom stereocenters. The van der Waals surface area contributed by atoms with E-state index in [1.807, 2.05) is 0 Å². The molecule has 0 aliphatic carbocycles. The normalized spacial score (nSPS) is 12.7. The Morgan fingerprint density at radius 2 is 1.56 bits per heavy atom. The van der Waals surface area contributed by atoms with Gasteiger partial charge in [0.1, 0.15) is 0 Å². The Morgan fingerprint density at radius 1 is 1.00 bits per heavy atom. The Labute approximate surface area is 108 Å². The van der Waals surface area contributed by atoms with Gasteiger partial charge in [0.2, 0.25) is 0 Å². The molecule has 1 nitrogen and oxygen atoms in total. The van der Waals surface area contributed by atoms with Gasteiger partial charge in [-0.15, -0.1) is 0 Å². The minimum Gasteiger partial charge on any atom is -0.380 e. The first-order chi connectivity index (χ1) is 7.09. The lowest BCUT2D eigenvalue weighted by atomic mass is 9.85. The molecule has 0 spiro atoms. The zero-order valence-corrected chi connectivity index (χ0v) is 12.7. The Hall–Kier alpha value is -0.500. The van der Waals surface area contributed by atoms with Crippen molar-refractivity contribution in [1.29, 1.82) is 0 Å². The van der Waals surface area contributed by atoms with Crippen molar-refractivity contribution >= 4 is 21.6 Å². The van der Waals surface area contributed by atoms with Crippen LogP contribution >= 0.6 is 15.9 Å². The summed E-state index contributed by atoms with van der Waals surface area (Å²) in [7, 11) is 0. The van der Waals surface area contributed by atoms with E-state index in [0.717, 1.165) is 4.47 Å². The summed E-state index contributed by atoms with van der Waals surface area (Å²) in [6.45, 7) is 13.3. The molecule has 0 saturated heterocycles. The quantitative estimate of drug-likeness (QED) is 0.768. The minimum atomic E-state index is 0.0911. The Kier molecular flexibility index (Phi) is 3.73. The van der Waals surface area contributed by atoms with Crippen LogP contribution < -0.4 is 5.32 Å². The maximum absolute atomic E-state index is 3.56. The third kappa shape index (κ3) is 3.82. The van der Waals surface area contributed by atoms with Crippen molar-refractivity contribution in [3.05, 3.63) is 28.2 Å². The first-order valence-electron chi connectivity index (χ1n) is 5.68. The number of benzene rings is 1. The molecule has 0 aliphatic rings. The van der Waals surface area contributed by atoms with Gasteiger partial charge in [0.05, 0.1) is 0 Å². The standard InChI is InChI=1S/C14H22BrN/c1-13(2,3)11-9-10(15)7-8-12(11)16-14(4,5)6/h7-9,16H,1-6H3. The molecule has 0 aliphatic heterocycles. The molecule has 2 heteroatoms. The first kappa shape index (κ1) is 13.6. The number of nitrogens with one attached hydrogen (secondary N) is 1. The van der Waals surface area contributed by atoms with E-state index in [9.17, 15) is 0 Å². The van der Waals surface area contributed by atoms with E-state index in [1.165, 1.54) is 11.3 Å². The van der Waals surface area contributed by atoms with E-state index in [4.69, 9.17) is 0 Å². The van der Waals surface area contributed by atoms with E-state index in [0.29, 0.717) is 0 Å². The summed E-state index contributed by atoms with van der Waals surface area (Å²) >= 11 is 3.54. The minimum absolute atomic E-state index is 0.0911. The fourth-order valence-corrected chi connectivity index (χ4v) is 2.01. The highest BCUT2D eigenvalue weighted by atomic mass is 79.9. The van der Waals surface area contributed by atoms with Crippen LogP contribution in [0.25, 0.3) is 0 Å². The predicted octanol–water partition coefficient (Wildman–Crippen LogP) is 4.96. The average Bonchev–Trinajstić information content (AvgIpc) is 2.04. The van der Waals surface area contributed by atoms with Crippen molar-refractivity contribution in [2.24, 2.45) is 0 Å². The van der Waals surface area contributed by atoms with Gasteiger partial charge in [0.25, 0.3) is 0 Å².